The number of rotatable bonds is 5. The van der Waals surface area contributed by atoms with E-state index in [1.165, 1.54) is 0 Å². The van der Waals surface area contributed by atoms with Crippen LogP contribution in [-0.4, -0.2) is 14.2 Å². The molecule has 2 aromatic rings. The molecule has 0 spiro atoms. The van der Waals surface area contributed by atoms with Crippen LogP contribution in [0.1, 0.15) is 22.6 Å². The zero-order chi connectivity index (χ0) is 15.2. The second kappa shape index (κ2) is 6.81. The van der Waals surface area contributed by atoms with E-state index >= 15 is 0 Å². The molecule has 0 saturated carbocycles. The van der Waals surface area contributed by atoms with Gasteiger partial charge in [0.15, 0.2) is 0 Å². The molecule has 0 bridgehead atoms. The average molecular weight is 281 g/mol. The number of hydrogen-bond donors (Lipinski definition) is 0. The van der Waals surface area contributed by atoms with Crippen LogP contribution in [0.15, 0.2) is 42.5 Å². The monoisotopic (exact) mass is 281 g/mol. The van der Waals surface area contributed by atoms with Crippen molar-refractivity contribution in [1.82, 2.24) is 0 Å². The molecule has 0 heterocycles. The molecule has 1 atom stereocenters. The molecule has 0 aliphatic rings. The maximum atomic E-state index is 9.49. The number of nitrogens with zero attached hydrogens (tertiary/aromatic N) is 1. The van der Waals surface area contributed by atoms with Crippen LogP contribution in [-0.2, 0) is 6.42 Å². The zero-order valence-electron chi connectivity index (χ0n) is 12.6. The molecule has 0 radical (unpaired) electrons. The van der Waals surface area contributed by atoms with Crippen LogP contribution in [0, 0.1) is 18.3 Å². The third-order valence-electron chi connectivity index (χ3n) is 3.61. The Kier molecular flexibility index (Phi) is 4.84. The van der Waals surface area contributed by atoms with Crippen LogP contribution in [0.2, 0.25) is 0 Å². The summed E-state index contributed by atoms with van der Waals surface area (Å²) < 4.78 is 10.4. The first-order valence-corrected chi connectivity index (χ1v) is 6.85. The SMILES string of the molecule is COc1ccc(CC(C#N)c2ccc(OC)cc2C)cc1. The summed E-state index contributed by atoms with van der Waals surface area (Å²) in [7, 11) is 3.29. The molecule has 1 unspecified atom stereocenters. The molecule has 3 heteroatoms. The van der Waals surface area contributed by atoms with Crippen molar-refractivity contribution in [2.75, 3.05) is 14.2 Å². The van der Waals surface area contributed by atoms with Crippen molar-refractivity contribution < 1.29 is 9.47 Å². The van der Waals surface area contributed by atoms with Gasteiger partial charge in [-0.1, -0.05) is 18.2 Å². The number of ether oxygens (including phenoxy) is 2. The summed E-state index contributed by atoms with van der Waals surface area (Å²) in [6.07, 6.45) is 0.688. The summed E-state index contributed by atoms with van der Waals surface area (Å²) in [6.45, 7) is 2.01. The van der Waals surface area contributed by atoms with E-state index in [-0.39, 0.29) is 5.92 Å². The number of nitriles is 1. The maximum Gasteiger partial charge on any atom is 0.119 e. The van der Waals surface area contributed by atoms with Crippen LogP contribution >= 0.6 is 0 Å². The minimum Gasteiger partial charge on any atom is -0.497 e. The molecule has 21 heavy (non-hydrogen) atoms. The first-order chi connectivity index (χ1) is 10.2. The highest BCUT2D eigenvalue weighted by Crippen LogP contribution is 2.27. The predicted octanol–water partition coefficient (Wildman–Crippen LogP) is 3.86. The average Bonchev–Trinajstić information content (AvgIpc) is 2.53. The van der Waals surface area contributed by atoms with Gasteiger partial charge >= 0.3 is 0 Å². The fourth-order valence-electron chi connectivity index (χ4n) is 2.39. The van der Waals surface area contributed by atoms with Crippen molar-refractivity contribution >= 4 is 0 Å². The van der Waals surface area contributed by atoms with Crippen molar-refractivity contribution in [3.05, 3.63) is 59.2 Å². The van der Waals surface area contributed by atoms with Gasteiger partial charge < -0.3 is 9.47 Å². The summed E-state index contributed by atoms with van der Waals surface area (Å²) in [4.78, 5) is 0. The number of hydrogen-bond acceptors (Lipinski definition) is 3. The smallest absolute Gasteiger partial charge is 0.119 e. The van der Waals surface area contributed by atoms with Gasteiger partial charge in [0.2, 0.25) is 0 Å². The minimum absolute atomic E-state index is 0.163. The van der Waals surface area contributed by atoms with E-state index < -0.39 is 0 Å². The van der Waals surface area contributed by atoms with Gasteiger partial charge in [-0.05, 0) is 54.3 Å². The van der Waals surface area contributed by atoms with Gasteiger partial charge in [-0.2, -0.15) is 5.26 Å². The molecule has 0 amide bonds. The molecule has 2 aromatic carbocycles. The van der Waals surface area contributed by atoms with E-state index in [0.29, 0.717) is 6.42 Å². The summed E-state index contributed by atoms with van der Waals surface area (Å²) in [5, 5.41) is 9.49. The lowest BCUT2D eigenvalue weighted by Crippen LogP contribution is -2.03. The topological polar surface area (TPSA) is 42.2 Å². The quantitative estimate of drug-likeness (QED) is 0.835. The molecule has 3 nitrogen and oxygen atoms in total. The Labute approximate surface area is 125 Å². The van der Waals surface area contributed by atoms with Crippen LogP contribution < -0.4 is 9.47 Å². The van der Waals surface area contributed by atoms with Crippen molar-refractivity contribution in [1.29, 1.82) is 5.26 Å². The Morgan fingerprint density at radius 1 is 1.00 bits per heavy atom. The van der Waals surface area contributed by atoms with Crippen molar-refractivity contribution in [3.8, 4) is 17.6 Å². The molecule has 0 aliphatic carbocycles. The van der Waals surface area contributed by atoms with Crippen LogP contribution in [0.25, 0.3) is 0 Å². The van der Waals surface area contributed by atoms with Crippen molar-refractivity contribution in [2.24, 2.45) is 0 Å². The highest BCUT2D eigenvalue weighted by atomic mass is 16.5. The summed E-state index contributed by atoms with van der Waals surface area (Å²) in [6, 6.07) is 16.1. The largest absolute Gasteiger partial charge is 0.497 e. The third kappa shape index (κ3) is 3.55. The molecule has 0 aromatic heterocycles. The zero-order valence-corrected chi connectivity index (χ0v) is 12.6. The Bertz CT molecular complexity index is 641. The predicted molar refractivity (Wildman–Crippen MR) is 82.8 cm³/mol. The van der Waals surface area contributed by atoms with Gasteiger partial charge in [0.05, 0.1) is 26.2 Å². The second-order valence-corrected chi connectivity index (χ2v) is 4.96. The normalized spacial score (nSPS) is 11.5. The van der Waals surface area contributed by atoms with E-state index in [9.17, 15) is 5.26 Å². The van der Waals surface area contributed by atoms with Gasteiger partial charge in [-0.3, -0.25) is 0 Å². The number of benzene rings is 2. The fourth-order valence-corrected chi connectivity index (χ4v) is 2.39. The van der Waals surface area contributed by atoms with Gasteiger partial charge in [-0.25, -0.2) is 0 Å². The summed E-state index contributed by atoms with van der Waals surface area (Å²) in [5.41, 5.74) is 3.25. The van der Waals surface area contributed by atoms with Crippen molar-refractivity contribution in [3.63, 3.8) is 0 Å². The fraction of sp³-hybridized carbons (Fsp3) is 0.278. The molecular weight excluding hydrogens is 262 g/mol. The van der Waals surface area contributed by atoms with Gasteiger partial charge in [0, 0.05) is 0 Å². The Hall–Kier alpha value is -2.47. The number of methoxy groups -OCH3 is 2. The number of aryl methyl sites for hydroxylation is 1. The molecular formula is C18H19NO2. The van der Waals surface area contributed by atoms with Gasteiger partial charge in [0.1, 0.15) is 11.5 Å². The van der Waals surface area contributed by atoms with Crippen LogP contribution in [0.4, 0.5) is 0 Å². The highest BCUT2D eigenvalue weighted by Gasteiger charge is 2.14. The van der Waals surface area contributed by atoms with E-state index in [4.69, 9.17) is 9.47 Å². The van der Waals surface area contributed by atoms with Crippen LogP contribution in [0.5, 0.6) is 11.5 Å². The van der Waals surface area contributed by atoms with E-state index in [1.807, 2.05) is 49.4 Å². The first kappa shape index (κ1) is 14.9. The second-order valence-electron chi connectivity index (χ2n) is 4.96. The Morgan fingerprint density at radius 3 is 2.14 bits per heavy atom. The Morgan fingerprint density at radius 2 is 1.62 bits per heavy atom. The lowest BCUT2D eigenvalue weighted by molar-refractivity contribution is 0.414. The molecule has 0 aliphatic heterocycles. The lowest BCUT2D eigenvalue weighted by atomic mass is 9.90. The summed E-state index contributed by atoms with van der Waals surface area (Å²) in [5.74, 6) is 1.48. The minimum atomic E-state index is -0.163. The van der Waals surface area contributed by atoms with Gasteiger partial charge in [-0.15, -0.1) is 0 Å². The molecule has 0 N–H and O–H groups in total. The maximum absolute atomic E-state index is 9.49. The molecule has 108 valence electrons. The molecule has 0 fully saturated rings. The Balaban J connectivity index is 2.21. The molecule has 0 saturated heterocycles. The third-order valence-corrected chi connectivity index (χ3v) is 3.61. The summed E-state index contributed by atoms with van der Waals surface area (Å²) >= 11 is 0. The lowest BCUT2D eigenvalue weighted by Gasteiger charge is -2.14. The van der Waals surface area contributed by atoms with E-state index in [1.54, 1.807) is 14.2 Å². The first-order valence-electron chi connectivity index (χ1n) is 6.85. The van der Waals surface area contributed by atoms with Gasteiger partial charge in [0.25, 0.3) is 0 Å². The van der Waals surface area contributed by atoms with E-state index in [0.717, 1.165) is 28.2 Å². The van der Waals surface area contributed by atoms with Crippen molar-refractivity contribution in [2.45, 2.75) is 19.3 Å². The van der Waals surface area contributed by atoms with E-state index in [2.05, 4.69) is 6.07 Å². The standard InChI is InChI=1S/C18H19NO2/c1-13-10-17(21-3)8-9-18(13)15(12-19)11-14-4-6-16(20-2)7-5-14/h4-10,15H,11H2,1-3H3. The van der Waals surface area contributed by atoms with Crippen LogP contribution in [0.3, 0.4) is 0 Å². The highest BCUT2D eigenvalue weighted by molar-refractivity contribution is 5.40. The molecule has 2 rings (SSSR count).